The van der Waals surface area contributed by atoms with E-state index in [0.717, 1.165) is 48.6 Å². The van der Waals surface area contributed by atoms with Gasteiger partial charge < -0.3 is 9.42 Å². The van der Waals surface area contributed by atoms with Gasteiger partial charge in [0.05, 0.1) is 11.3 Å². The third kappa shape index (κ3) is 4.11. The number of hydrogen-bond donors (Lipinski definition) is 0. The van der Waals surface area contributed by atoms with E-state index in [4.69, 9.17) is 4.52 Å². The maximum atomic E-state index is 13.2. The molecule has 0 radical (unpaired) electrons. The highest BCUT2D eigenvalue weighted by molar-refractivity contribution is 7.10. The zero-order valence-electron chi connectivity index (χ0n) is 17.1. The molecule has 4 rings (SSSR count). The number of amides is 1. The Morgan fingerprint density at radius 3 is 2.93 bits per heavy atom. The molecular weight excluding hydrogens is 384 g/mol. The lowest BCUT2D eigenvalue weighted by atomic mass is 10.0. The van der Waals surface area contributed by atoms with E-state index in [1.54, 1.807) is 17.5 Å². The van der Waals surface area contributed by atoms with Crippen LogP contribution in [0.15, 0.2) is 34.4 Å². The lowest BCUT2D eigenvalue weighted by molar-refractivity contribution is 0.0751. The quantitative estimate of drug-likeness (QED) is 0.615. The van der Waals surface area contributed by atoms with Crippen molar-refractivity contribution in [1.82, 2.24) is 19.9 Å². The molecule has 7 heteroatoms. The van der Waals surface area contributed by atoms with Crippen molar-refractivity contribution >= 4 is 17.2 Å². The van der Waals surface area contributed by atoms with Crippen molar-refractivity contribution in [3.05, 3.63) is 68.5 Å². The number of carbonyl (C=O) groups is 1. The summed E-state index contributed by atoms with van der Waals surface area (Å²) in [6.07, 6.45) is 4.48. The lowest BCUT2D eigenvalue weighted by Crippen LogP contribution is -2.33. The van der Waals surface area contributed by atoms with Crippen LogP contribution >= 0.6 is 11.3 Å². The number of carbonyl (C=O) groups excluding carboxylic acids is 1. The summed E-state index contributed by atoms with van der Waals surface area (Å²) < 4.78 is 5.30. The number of rotatable bonds is 6. The highest BCUT2D eigenvalue weighted by Gasteiger charge is 2.27. The topological polar surface area (TPSA) is 62.5 Å². The van der Waals surface area contributed by atoms with Gasteiger partial charge in [-0.05, 0) is 44.4 Å². The summed E-state index contributed by atoms with van der Waals surface area (Å²) in [7, 11) is 0. The van der Waals surface area contributed by atoms with E-state index >= 15 is 0 Å². The van der Waals surface area contributed by atoms with Gasteiger partial charge in [0.2, 0.25) is 0 Å². The van der Waals surface area contributed by atoms with Crippen LogP contribution in [0.25, 0.3) is 0 Å². The highest BCUT2D eigenvalue weighted by Crippen LogP contribution is 2.31. The average Bonchev–Trinajstić information content (AvgIpc) is 3.30. The molecule has 6 nitrogen and oxygen atoms in total. The molecule has 3 aromatic heterocycles. The van der Waals surface area contributed by atoms with Crippen LogP contribution in [0.5, 0.6) is 0 Å². The Morgan fingerprint density at radius 1 is 1.38 bits per heavy atom. The number of hydrogen-bond acceptors (Lipinski definition) is 6. The van der Waals surface area contributed by atoms with Crippen LogP contribution in [0.2, 0.25) is 0 Å². The highest BCUT2D eigenvalue weighted by atomic mass is 32.1. The standard InChI is InChI=1S/C22H26N4O2S/c1-4-26(11-17-6-5-8-23-10-17)22(27)20-14-29-21-13-25(9-7-18(20)21)12-19-15(2)24-28-16(19)3/h5-6,8,10,14H,4,7,9,11-13H2,1-3H3. The first-order valence-electron chi connectivity index (χ1n) is 9.98. The first kappa shape index (κ1) is 19.8. The zero-order valence-corrected chi connectivity index (χ0v) is 18.0. The maximum absolute atomic E-state index is 13.2. The van der Waals surface area contributed by atoms with E-state index in [1.165, 1.54) is 16.0 Å². The number of pyridine rings is 1. The summed E-state index contributed by atoms with van der Waals surface area (Å²) in [5.74, 6) is 1.01. The third-order valence-corrected chi connectivity index (χ3v) is 6.60. The number of aryl methyl sites for hydroxylation is 2. The van der Waals surface area contributed by atoms with Crippen molar-refractivity contribution in [2.24, 2.45) is 0 Å². The molecule has 0 atom stereocenters. The molecule has 0 saturated heterocycles. The smallest absolute Gasteiger partial charge is 0.255 e. The van der Waals surface area contributed by atoms with Crippen LogP contribution in [0.1, 0.15) is 50.3 Å². The van der Waals surface area contributed by atoms with Crippen molar-refractivity contribution < 1.29 is 9.32 Å². The molecule has 0 aromatic carbocycles. The lowest BCUT2D eigenvalue weighted by Gasteiger charge is -2.28. The number of aromatic nitrogens is 2. The Labute approximate surface area is 175 Å². The van der Waals surface area contributed by atoms with Crippen LogP contribution < -0.4 is 0 Å². The van der Waals surface area contributed by atoms with Crippen LogP contribution in [0.4, 0.5) is 0 Å². The van der Waals surface area contributed by atoms with Crippen molar-refractivity contribution in [3.63, 3.8) is 0 Å². The minimum absolute atomic E-state index is 0.119. The first-order valence-corrected chi connectivity index (χ1v) is 10.9. The van der Waals surface area contributed by atoms with Gasteiger partial charge in [0.25, 0.3) is 5.91 Å². The molecule has 1 aliphatic heterocycles. The fourth-order valence-electron chi connectivity index (χ4n) is 3.86. The van der Waals surface area contributed by atoms with Gasteiger partial charge in [-0.1, -0.05) is 11.2 Å². The van der Waals surface area contributed by atoms with Gasteiger partial charge in [0.1, 0.15) is 5.76 Å². The average molecular weight is 411 g/mol. The molecule has 4 heterocycles. The second-order valence-corrected chi connectivity index (χ2v) is 8.46. The number of nitrogens with zero attached hydrogens (tertiary/aromatic N) is 4. The molecule has 0 bridgehead atoms. The fraction of sp³-hybridized carbons (Fsp3) is 0.409. The van der Waals surface area contributed by atoms with Crippen molar-refractivity contribution in [2.75, 3.05) is 13.1 Å². The van der Waals surface area contributed by atoms with E-state index < -0.39 is 0 Å². The Balaban J connectivity index is 1.48. The van der Waals surface area contributed by atoms with Crippen LogP contribution in [0.3, 0.4) is 0 Å². The summed E-state index contributed by atoms with van der Waals surface area (Å²) in [6, 6.07) is 3.92. The van der Waals surface area contributed by atoms with Gasteiger partial charge in [-0.25, -0.2) is 0 Å². The Bertz CT molecular complexity index is 976. The largest absolute Gasteiger partial charge is 0.361 e. The molecule has 0 unspecified atom stereocenters. The Morgan fingerprint density at radius 2 is 2.24 bits per heavy atom. The molecule has 0 aliphatic carbocycles. The second-order valence-electron chi connectivity index (χ2n) is 7.50. The van der Waals surface area contributed by atoms with Crippen molar-refractivity contribution in [1.29, 1.82) is 0 Å². The Hall–Kier alpha value is -2.51. The zero-order chi connectivity index (χ0) is 20.4. The first-order chi connectivity index (χ1) is 14.1. The molecule has 1 amide bonds. The SMILES string of the molecule is CCN(Cc1cccnc1)C(=O)c1csc2c1CCN(Cc1c(C)noc1C)C2. The second kappa shape index (κ2) is 8.47. The molecule has 0 N–H and O–H groups in total. The van der Waals surface area contributed by atoms with E-state index in [2.05, 4.69) is 15.0 Å². The van der Waals surface area contributed by atoms with Gasteiger partial charge in [0, 0.05) is 60.9 Å². The summed E-state index contributed by atoms with van der Waals surface area (Å²) >= 11 is 1.70. The van der Waals surface area contributed by atoms with Crippen molar-refractivity contribution in [3.8, 4) is 0 Å². The maximum Gasteiger partial charge on any atom is 0.255 e. The summed E-state index contributed by atoms with van der Waals surface area (Å²) in [5.41, 5.74) is 5.28. The predicted molar refractivity (Wildman–Crippen MR) is 113 cm³/mol. The number of fused-ring (bicyclic) bond motifs is 1. The number of thiophene rings is 1. The van der Waals surface area contributed by atoms with E-state index in [-0.39, 0.29) is 5.91 Å². The molecule has 0 saturated carbocycles. The molecule has 0 spiro atoms. The van der Waals surface area contributed by atoms with Gasteiger partial charge in [0.15, 0.2) is 0 Å². The van der Waals surface area contributed by atoms with Crippen LogP contribution in [0, 0.1) is 13.8 Å². The molecular formula is C22H26N4O2S. The monoisotopic (exact) mass is 410 g/mol. The van der Waals surface area contributed by atoms with Crippen LogP contribution in [-0.4, -0.2) is 38.9 Å². The third-order valence-electron chi connectivity index (χ3n) is 5.58. The molecule has 0 fully saturated rings. The summed E-state index contributed by atoms with van der Waals surface area (Å²) in [4.78, 5) is 23.0. The van der Waals surface area contributed by atoms with Crippen LogP contribution in [-0.2, 0) is 26.1 Å². The normalized spacial score (nSPS) is 14.0. The molecule has 152 valence electrons. The molecule has 29 heavy (non-hydrogen) atoms. The minimum atomic E-state index is 0.119. The Kier molecular flexibility index (Phi) is 5.78. The predicted octanol–water partition coefficient (Wildman–Crippen LogP) is 3.97. The van der Waals surface area contributed by atoms with Gasteiger partial charge in [-0.3, -0.25) is 14.7 Å². The molecule has 1 aliphatic rings. The summed E-state index contributed by atoms with van der Waals surface area (Å²) in [6.45, 7) is 9.89. The minimum Gasteiger partial charge on any atom is -0.361 e. The van der Waals surface area contributed by atoms with E-state index in [1.807, 2.05) is 49.4 Å². The van der Waals surface area contributed by atoms with E-state index in [9.17, 15) is 4.79 Å². The van der Waals surface area contributed by atoms with Gasteiger partial charge >= 0.3 is 0 Å². The van der Waals surface area contributed by atoms with Gasteiger partial charge in [-0.2, -0.15) is 0 Å². The van der Waals surface area contributed by atoms with Gasteiger partial charge in [-0.15, -0.1) is 11.3 Å². The fourth-order valence-corrected chi connectivity index (χ4v) is 4.97. The summed E-state index contributed by atoms with van der Waals surface area (Å²) in [5, 5.41) is 6.10. The molecule has 3 aromatic rings. The van der Waals surface area contributed by atoms with E-state index in [0.29, 0.717) is 13.1 Å². The van der Waals surface area contributed by atoms with Crippen molar-refractivity contribution in [2.45, 2.75) is 46.8 Å².